The lowest BCUT2D eigenvalue weighted by Crippen LogP contribution is -2.61. The second-order valence-electron chi connectivity index (χ2n) is 7.94. The number of nitrogens with one attached hydrogen (secondary N) is 2. The molecule has 1 aliphatic rings. The molecule has 2 aromatic rings. The Balaban J connectivity index is 1.85. The molecule has 0 radical (unpaired) electrons. The van der Waals surface area contributed by atoms with Crippen LogP contribution in [0.2, 0.25) is 0 Å². The molecule has 1 saturated heterocycles. The highest BCUT2D eigenvalue weighted by atomic mass is 17.2. The Morgan fingerprint density at radius 3 is 2.63 bits per heavy atom. The van der Waals surface area contributed by atoms with Gasteiger partial charge in [0.2, 0.25) is 12.8 Å². The average Bonchev–Trinajstić information content (AvgIpc) is 3.21. The van der Waals surface area contributed by atoms with Crippen molar-refractivity contribution < 1.29 is 14.6 Å². The first-order valence-electron chi connectivity index (χ1n) is 9.48. The van der Waals surface area contributed by atoms with Crippen LogP contribution in [-0.4, -0.2) is 41.0 Å². The molecular weight excluding hydrogens is 344 g/mol. The SMILES string of the molecule is CC(C)C(N)(CN1C(Cc2c[nH]c3ccccc23)OOC1NC=O)C(C)C. The van der Waals surface area contributed by atoms with E-state index < -0.39 is 11.9 Å². The van der Waals surface area contributed by atoms with Crippen LogP contribution >= 0.6 is 0 Å². The number of rotatable bonds is 8. The van der Waals surface area contributed by atoms with Crippen molar-refractivity contribution in [3.63, 3.8) is 0 Å². The summed E-state index contributed by atoms with van der Waals surface area (Å²) in [5.41, 5.74) is 8.54. The van der Waals surface area contributed by atoms with E-state index in [1.165, 1.54) is 0 Å². The molecule has 7 heteroatoms. The summed E-state index contributed by atoms with van der Waals surface area (Å²) >= 11 is 0. The Bertz CT molecular complexity index is 765. The van der Waals surface area contributed by atoms with E-state index in [0.29, 0.717) is 19.4 Å². The van der Waals surface area contributed by atoms with E-state index in [1.807, 2.05) is 29.3 Å². The Morgan fingerprint density at radius 2 is 1.96 bits per heavy atom. The van der Waals surface area contributed by atoms with Gasteiger partial charge in [-0.25, -0.2) is 9.79 Å². The Hall–Kier alpha value is -1.93. The molecule has 0 spiro atoms. The molecule has 1 amide bonds. The minimum Gasteiger partial charge on any atom is -0.361 e. The fourth-order valence-electron chi connectivity index (χ4n) is 3.73. The molecule has 7 nitrogen and oxygen atoms in total. The molecule has 27 heavy (non-hydrogen) atoms. The van der Waals surface area contributed by atoms with Gasteiger partial charge in [-0.3, -0.25) is 4.79 Å². The van der Waals surface area contributed by atoms with Crippen molar-refractivity contribution in [2.75, 3.05) is 6.54 Å². The third kappa shape index (κ3) is 3.87. The van der Waals surface area contributed by atoms with Crippen molar-refractivity contribution in [1.29, 1.82) is 0 Å². The number of carbonyl (C=O) groups excluding carboxylic acids is 1. The van der Waals surface area contributed by atoms with Gasteiger partial charge in [0.1, 0.15) is 0 Å². The summed E-state index contributed by atoms with van der Waals surface area (Å²) in [6.45, 7) is 9.02. The van der Waals surface area contributed by atoms with Crippen molar-refractivity contribution in [3.8, 4) is 0 Å². The zero-order chi connectivity index (χ0) is 19.6. The van der Waals surface area contributed by atoms with Gasteiger partial charge in [0.05, 0.1) is 0 Å². The standard InChI is InChI=1S/C20H30N4O3/c1-13(2)20(21,14(3)4)11-24-18(26-27-19(24)23-12-25)9-15-10-22-17-8-6-5-7-16(15)17/h5-8,10,12-14,18-19,22H,9,11,21H2,1-4H3,(H,23,25). The van der Waals surface area contributed by atoms with Crippen LogP contribution in [0.1, 0.15) is 33.3 Å². The predicted molar refractivity (Wildman–Crippen MR) is 104 cm³/mol. The van der Waals surface area contributed by atoms with Crippen LogP contribution in [0.5, 0.6) is 0 Å². The monoisotopic (exact) mass is 374 g/mol. The summed E-state index contributed by atoms with van der Waals surface area (Å²) in [6.07, 6.45) is 2.23. The van der Waals surface area contributed by atoms with E-state index >= 15 is 0 Å². The summed E-state index contributed by atoms with van der Waals surface area (Å²) in [5.74, 6) is 0.507. The molecule has 0 aliphatic carbocycles. The molecule has 1 aromatic carbocycles. The van der Waals surface area contributed by atoms with Crippen LogP contribution in [0.3, 0.4) is 0 Å². The summed E-state index contributed by atoms with van der Waals surface area (Å²) in [5, 5.41) is 3.83. The van der Waals surface area contributed by atoms with Crippen LogP contribution in [0, 0.1) is 11.8 Å². The topological polar surface area (TPSA) is 92.6 Å². The molecule has 4 N–H and O–H groups in total. The average molecular weight is 374 g/mol. The lowest BCUT2D eigenvalue weighted by Gasteiger charge is -2.42. The third-order valence-electron chi connectivity index (χ3n) is 5.82. The molecule has 148 valence electrons. The van der Waals surface area contributed by atoms with Crippen LogP contribution in [0.25, 0.3) is 10.9 Å². The zero-order valence-corrected chi connectivity index (χ0v) is 16.4. The van der Waals surface area contributed by atoms with E-state index in [1.54, 1.807) is 0 Å². The second kappa shape index (κ2) is 7.98. The number of hydrogen-bond acceptors (Lipinski definition) is 5. The molecule has 3 rings (SSSR count). The fraction of sp³-hybridized carbons (Fsp3) is 0.550. The summed E-state index contributed by atoms with van der Waals surface area (Å²) in [6, 6.07) is 8.14. The lowest BCUT2D eigenvalue weighted by atomic mass is 9.77. The molecule has 0 saturated carbocycles. The molecule has 1 aromatic heterocycles. The van der Waals surface area contributed by atoms with Gasteiger partial charge in [0.25, 0.3) is 0 Å². The van der Waals surface area contributed by atoms with E-state index in [0.717, 1.165) is 16.5 Å². The van der Waals surface area contributed by atoms with Crippen molar-refractivity contribution >= 4 is 17.3 Å². The molecule has 2 unspecified atom stereocenters. The number of nitrogens with zero attached hydrogens (tertiary/aromatic N) is 1. The minimum atomic E-state index is -0.655. The number of nitrogens with two attached hydrogens (primary N) is 1. The molecule has 0 bridgehead atoms. The van der Waals surface area contributed by atoms with Crippen LogP contribution in [-0.2, 0) is 21.0 Å². The van der Waals surface area contributed by atoms with Gasteiger partial charge in [-0.1, -0.05) is 45.9 Å². The first-order valence-corrected chi connectivity index (χ1v) is 9.48. The maximum atomic E-state index is 11.0. The third-order valence-corrected chi connectivity index (χ3v) is 5.82. The number of benzene rings is 1. The largest absolute Gasteiger partial charge is 0.361 e. The van der Waals surface area contributed by atoms with E-state index in [2.05, 4.69) is 44.1 Å². The number of aromatic amines is 1. The predicted octanol–water partition coefficient (Wildman–Crippen LogP) is 2.34. The number of aromatic nitrogens is 1. The smallest absolute Gasteiger partial charge is 0.223 e. The Morgan fingerprint density at radius 1 is 1.26 bits per heavy atom. The number of carbonyl (C=O) groups is 1. The van der Waals surface area contributed by atoms with Gasteiger partial charge in [-0.2, -0.15) is 4.89 Å². The summed E-state index contributed by atoms with van der Waals surface area (Å²) in [7, 11) is 0. The van der Waals surface area contributed by atoms with Crippen LogP contribution in [0.15, 0.2) is 30.5 Å². The molecule has 2 heterocycles. The molecular formula is C20H30N4O3. The van der Waals surface area contributed by atoms with Crippen molar-refractivity contribution in [2.45, 2.75) is 52.2 Å². The van der Waals surface area contributed by atoms with Crippen molar-refractivity contribution in [3.05, 3.63) is 36.0 Å². The first-order chi connectivity index (χ1) is 12.9. The molecule has 2 atom stereocenters. The highest BCUT2D eigenvalue weighted by Gasteiger charge is 2.43. The fourth-order valence-corrected chi connectivity index (χ4v) is 3.73. The van der Waals surface area contributed by atoms with Gasteiger partial charge in [0, 0.05) is 35.6 Å². The molecule has 1 fully saturated rings. The highest BCUT2D eigenvalue weighted by Crippen LogP contribution is 2.30. The zero-order valence-electron chi connectivity index (χ0n) is 16.4. The number of para-hydroxylation sites is 1. The van der Waals surface area contributed by atoms with Crippen LogP contribution < -0.4 is 11.1 Å². The normalized spacial score (nSPS) is 21.4. The number of hydrogen-bond donors (Lipinski definition) is 3. The van der Waals surface area contributed by atoms with Crippen molar-refractivity contribution in [1.82, 2.24) is 15.2 Å². The van der Waals surface area contributed by atoms with Gasteiger partial charge in [0.15, 0.2) is 6.23 Å². The number of H-pyrrole nitrogens is 1. The maximum Gasteiger partial charge on any atom is 0.223 e. The van der Waals surface area contributed by atoms with E-state index in [-0.39, 0.29) is 18.1 Å². The second-order valence-corrected chi connectivity index (χ2v) is 7.94. The van der Waals surface area contributed by atoms with Gasteiger partial charge >= 0.3 is 0 Å². The minimum absolute atomic E-state index is 0.253. The Labute approximate surface area is 160 Å². The summed E-state index contributed by atoms with van der Waals surface area (Å²) in [4.78, 5) is 27.3. The first kappa shape index (κ1) is 19.8. The van der Waals surface area contributed by atoms with E-state index in [9.17, 15) is 4.79 Å². The van der Waals surface area contributed by atoms with Crippen molar-refractivity contribution in [2.24, 2.45) is 17.6 Å². The van der Waals surface area contributed by atoms with Crippen LogP contribution in [0.4, 0.5) is 0 Å². The number of amides is 1. The number of fused-ring (bicyclic) bond motifs is 1. The van der Waals surface area contributed by atoms with Gasteiger partial charge in [-0.15, -0.1) is 0 Å². The van der Waals surface area contributed by atoms with Gasteiger partial charge in [-0.05, 0) is 23.5 Å². The summed E-state index contributed by atoms with van der Waals surface area (Å²) < 4.78 is 0. The lowest BCUT2D eigenvalue weighted by molar-refractivity contribution is -0.299. The highest BCUT2D eigenvalue weighted by molar-refractivity contribution is 5.83. The Kier molecular flexibility index (Phi) is 5.86. The van der Waals surface area contributed by atoms with E-state index in [4.69, 9.17) is 15.5 Å². The van der Waals surface area contributed by atoms with Gasteiger partial charge < -0.3 is 16.0 Å². The molecule has 1 aliphatic heterocycles. The maximum absolute atomic E-state index is 11.0. The quantitative estimate of drug-likeness (QED) is 0.487.